The molecule has 1 rings (SSSR count). The van der Waals surface area contributed by atoms with Crippen molar-refractivity contribution in [2.45, 2.75) is 0 Å². The fourth-order valence-electron chi connectivity index (χ4n) is 0.215. The monoisotopic (exact) mass is 196 g/mol. The molecule has 0 atom stereocenters. The van der Waals surface area contributed by atoms with Crippen LogP contribution in [-0.2, 0) is 0 Å². The summed E-state index contributed by atoms with van der Waals surface area (Å²) < 4.78 is 24.3. The lowest BCUT2D eigenvalue weighted by Gasteiger charge is -1.69. The van der Waals surface area contributed by atoms with E-state index in [0.29, 0.717) is 0 Å². The van der Waals surface area contributed by atoms with Gasteiger partial charge in [0.25, 0.3) is 0 Å². The quantitative estimate of drug-likeness (QED) is 0.479. The number of hydrogen-bond acceptors (Lipinski definition) is 4. The van der Waals surface area contributed by atoms with Crippen LogP contribution in [0.4, 0.5) is 0 Å². The summed E-state index contributed by atoms with van der Waals surface area (Å²) in [6.07, 6.45) is 3.46. The molecule has 5 nitrogen and oxygen atoms in total. The second kappa shape index (κ2) is 5.70. The van der Waals surface area contributed by atoms with Crippen LogP contribution in [0, 0.1) is 14.8 Å². The largest absolute Gasteiger partial charge is 0.433 e. The van der Waals surface area contributed by atoms with Gasteiger partial charge in [0, 0.05) is 12.4 Å². The highest BCUT2D eigenvalue weighted by Crippen LogP contribution is 1.64. The minimum Gasteiger partial charge on any atom is -0.372 e. The summed E-state index contributed by atoms with van der Waals surface area (Å²) in [5.41, 5.74) is 0. The molecular formula is C3H5BrN2O3. The van der Waals surface area contributed by atoms with Crippen molar-refractivity contribution in [2.24, 2.45) is 0 Å². The summed E-state index contributed by atoms with van der Waals surface area (Å²) in [4.78, 5) is 0. The number of H-pyrrole nitrogens is 1. The van der Waals surface area contributed by atoms with Gasteiger partial charge in [-0.05, 0) is 10.3 Å². The van der Waals surface area contributed by atoms with Gasteiger partial charge < -0.3 is 8.40 Å². The van der Waals surface area contributed by atoms with Crippen LogP contribution in [0.1, 0.15) is 0 Å². The number of aromatic nitrogens is 2. The third-order valence-corrected chi connectivity index (χ3v) is 0.406. The molecule has 9 heavy (non-hydrogen) atoms. The number of nitrogens with zero attached hydrogens (tertiary/aromatic N) is 1. The van der Waals surface area contributed by atoms with E-state index in [2.05, 4.69) is 10.2 Å². The van der Waals surface area contributed by atoms with Gasteiger partial charge in [-0.25, -0.2) is 0 Å². The van der Waals surface area contributed by atoms with Crippen molar-refractivity contribution in [3.05, 3.63) is 18.5 Å². The summed E-state index contributed by atoms with van der Waals surface area (Å²) in [7, 11) is 0. The molecule has 0 fully saturated rings. The lowest BCUT2D eigenvalue weighted by Crippen LogP contribution is -2.30. The zero-order chi connectivity index (χ0) is 7.11. The Morgan fingerprint density at radius 2 is 2.11 bits per heavy atom. The Hall–Kier alpha value is -0.430. The maximum Gasteiger partial charge on any atom is 0.433 e. The van der Waals surface area contributed by atoms with E-state index >= 15 is 0 Å². The molecule has 0 aromatic carbocycles. The molecule has 0 amide bonds. The molecule has 2 N–H and O–H groups in total. The van der Waals surface area contributed by atoms with Crippen LogP contribution >= 0.6 is 0 Å². The number of aromatic amines is 1. The van der Waals surface area contributed by atoms with Gasteiger partial charge in [-0.3, -0.25) is 5.10 Å². The van der Waals surface area contributed by atoms with Crippen molar-refractivity contribution in [1.82, 2.24) is 10.2 Å². The predicted molar refractivity (Wildman–Crippen MR) is 20.8 cm³/mol. The molecule has 0 saturated carbocycles. The Morgan fingerprint density at radius 3 is 2.22 bits per heavy atom. The van der Waals surface area contributed by atoms with E-state index in [-0.39, 0.29) is 0 Å². The summed E-state index contributed by atoms with van der Waals surface area (Å²) in [6.45, 7) is 0. The van der Waals surface area contributed by atoms with Crippen molar-refractivity contribution >= 4 is 0 Å². The minimum atomic E-state index is -3.40. The normalized spacial score (nSPS) is 8.44. The Balaban J connectivity index is 0.000000148. The highest BCUT2D eigenvalue weighted by Gasteiger charge is 1.86. The lowest BCUT2D eigenvalue weighted by molar-refractivity contribution is -1.63. The number of hydrogen-bond donors (Lipinski definition) is 2. The highest BCUT2D eigenvalue weighted by atomic mass is 80.0. The van der Waals surface area contributed by atoms with Gasteiger partial charge in [-0.2, -0.15) is 5.10 Å². The van der Waals surface area contributed by atoms with E-state index in [0.717, 1.165) is 0 Å². The predicted octanol–water partition coefficient (Wildman–Crippen LogP) is -2.53. The third-order valence-electron chi connectivity index (χ3n) is 0.406. The number of nitrogens with one attached hydrogen (secondary N) is 1. The Morgan fingerprint density at radius 1 is 1.56 bits per heavy atom. The fraction of sp³-hybridized carbons (Fsp3) is 0. The molecule has 0 radical (unpaired) electrons. The average Bonchev–Trinajstić information content (AvgIpc) is 2.11. The maximum atomic E-state index is 8.63. The first-order valence-corrected chi connectivity index (χ1v) is 3.92. The lowest BCUT2D eigenvalue weighted by atomic mass is 10.8. The third kappa shape index (κ3) is 11.2. The van der Waals surface area contributed by atoms with E-state index in [1.54, 1.807) is 12.4 Å². The van der Waals surface area contributed by atoms with Crippen molar-refractivity contribution in [2.75, 3.05) is 0 Å². The van der Waals surface area contributed by atoms with E-state index in [1.807, 2.05) is 6.07 Å². The molecule has 6 heteroatoms. The van der Waals surface area contributed by atoms with Crippen molar-refractivity contribution < 1.29 is 27.4 Å². The maximum absolute atomic E-state index is 8.63. The summed E-state index contributed by atoms with van der Waals surface area (Å²) >= 11 is -3.40. The standard InChI is InChI=1S/C3H4N2.BrHO3/c1-2-4-5-3-1;2-1(3)4/h1-3H,(H,4,5);2H. The van der Waals surface area contributed by atoms with E-state index in [9.17, 15) is 0 Å². The molecule has 0 aliphatic carbocycles. The van der Waals surface area contributed by atoms with Crippen LogP contribution in [0.5, 0.6) is 0 Å². The average molecular weight is 197 g/mol. The zero-order valence-electron chi connectivity index (χ0n) is 4.32. The second-order valence-electron chi connectivity index (χ2n) is 0.967. The summed E-state index contributed by atoms with van der Waals surface area (Å²) in [5.74, 6) is 0. The Kier molecular flexibility index (Phi) is 5.43. The molecule has 1 aromatic rings. The molecule has 0 saturated heterocycles. The van der Waals surface area contributed by atoms with Crippen molar-refractivity contribution in [1.29, 1.82) is 0 Å². The summed E-state index contributed by atoms with van der Waals surface area (Å²) in [5, 5.41) is 6.21. The zero-order valence-corrected chi connectivity index (χ0v) is 5.91. The van der Waals surface area contributed by atoms with Crippen LogP contribution < -0.4 is 8.40 Å². The van der Waals surface area contributed by atoms with Crippen LogP contribution in [-0.4, -0.2) is 14.4 Å². The highest BCUT2D eigenvalue weighted by molar-refractivity contribution is 4.72. The first-order chi connectivity index (χ1) is 4.23. The topological polar surface area (TPSA) is 95.0 Å². The second-order valence-corrected chi connectivity index (χ2v) is 1.81. The van der Waals surface area contributed by atoms with Gasteiger partial charge in [0.15, 0.2) is 0 Å². The van der Waals surface area contributed by atoms with Crippen LogP contribution in [0.15, 0.2) is 18.5 Å². The molecule has 0 aliphatic rings. The van der Waals surface area contributed by atoms with Gasteiger partial charge in [0.1, 0.15) is 0 Å². The molecule has 1 heterocycles. The van der Waals surface area contributed by atoms with Crippen molar-refractivity contribution in [3.8, 4) is 0 Å². The Bertz CT molecular complexity index is 101. The van der Waals surface area contributed by atoms with Gasteiger partial charge in [0.2, 0.25) is 0 Å². The molecule has 0 spiro atoms. The van der Waals surface area contributed by atoms with Gasteiger partial charge >= 0.3 is 14.8 Å². The van der Waals surface area contributed by atoms with Crippen LogP contribution in [0.3, 0.4) is 0 Å². The minimum absolute atomic E-state index is 1.69. The van der Waals surface area contributed by atoms with Crippen LogP contribution in [0.25, 0.3) is 0 Å². The molecule has 0 unspecified atom stereocenters. The molecule has 1 aromatic heterocycles. The smallest absolute Gasteiger partial charge is 0.372 e. The number of halogens is 1. The van der Waals surface area contributed by atoms with Gasteiger partial charge in [0.05, 0.1) is 0 Å². The molecule has 52 valence electrons. The van der Waals surface area contributed by atoms with E-state index in [4.69, 9.17) is 12.6 Å². The van der Waals surface area contributed by atoms with Gasteiger partial charge in [-0.1, -0.05) is 0 Å². The molecule has 0 bridgehead atoms. The molecule has 0 aliphatic heterocycles. The van der Waals surface area contributed by atoms with Crippen molar-refractivity contribution in [3.63, 3.8) is 0 Å². The first-order valence-electron chi connectivity index (χ1n) is 1.91. The summed E-state index contributed by atoms with van der Waals surface area (Å²) in [6, 6.07) is 1.83. The SMILES string of the molecule is [O-][Br+2]([O-])O.c1cn[nH]c1. The van der Waals surface area contributed by atoms with Crippen LogP contribution in [0.2, 0.25) is 0 Å². The fourth-order valence-corrected chi connectivity index (χ4v) is 0.215. The van der Waals surface area contributed by atoms with E-state index in [1.165, 1.54) is 0 Å². The molecular weight excluding hydrogens is 192 g/mol. The van der Waals surface area contributed by atoms with Gasteiger partial charge in [-0.15, -0.1) is 0 Å². The number of rotatable bonds is 0. The van der Waals surface area contributed by atoms with E-state index < -0.39 is 14.8 Å². The first kappa shape index (κ1) is 8.57. The Labute approximate surface area is 56.8 Å².